The average molecular weight is 296 g/mol. The molecule has 3 rings (SSSR count). The van der Waals surface area contributed by atoms with Crippen LogP contribution in [0.1, 0.15) is 18.9 Å². The van der Waals surface area contributed by atoms with Crippen molar-refractivity contribution in [2.45, 2.75) is 25.9 Å². The highest BCUT2D eigenvalue weighted by molar-refractivity contribution is 6.29. The Morgan fingerprint density at radius 2 is 2.05 bits per heavy atom. The molecule has 2 aromatic rings. The number of rotatable bonds is 1. The molecular formula is C15H12ClF2NO. The first-order valence-electron chi connectivity index (χ1n) is 6.36. The van der Waals surface area contributed by atoms with E-state index in [0.717, 1.165) is 24.5 Å². The van der Waals surface area contributed by atoms with Gasteiger partial charge in [-0.05, 0) is 43.5 Å². The molecule has 1 aromatic carbocycles. The summed E-state index contributed by atoms with van der Waals surface area (Å²) in [5.74, 6) is -0.784. The molecule has 1 atom stereocenters. The number of halogens is 3. The van der Waals surface area contributed by atoms with Crippen LogP contribution >= 0.6 is 11.6 Å². The zero-order valence-corrected chi connectivity index (χ0v) is 11.5. The third-order valence-corrected chi connectivity index (χ3v) is 3.58. The lowest BCUT2D eigenvalue weighted by Crippen LogP contribution is -2.20. The number of pyridine rings is 1. The molecule has 20 heavy (non-hydrogen) atoms. The zero-order valence-electron chi connectivity index (χ0n) is 10.8. The molecule has 5 heteroatoms. The molecule has 0 N–H and O–H groups in total. The maximum absolute atomic E-state index is 14.0. The van der Waals surface area contributed by atoms with Gasteiger partial charge in [-0.15, -0.1) is 0 Å². The topological polar surface area (TPSA) is 22.1 Å². The van der Waals surface area contributed by atoms with Crippen molar-refractivity contribution >= 4 is 11.6 Å². The van der Waals surface area contributed by atoms with Crippen molar-refractivity contribution in [3.05, 3.63) is 46.6 Å². The van der Waals surface area contributed by atoms with E-state index in [2.05, 4.69) is 4.98 Å². The minimum atomic E-state index is -0.618. The van der Waals surface area contributed by atoms with Crippen LogP contribution in [-0.4, -0.2) is 11.1 Å². The molecule has 0 radical (unpaired) electrons. The van der Waals surface area contributed by atoms with E-state index in [9.17, 15) is 8.78 Å². The average Bonchev–Trinajstić information content (AvgIpc) is 2.37. The minimum absolute atomic E-state index is 0.0550. The van der Waals surface area contributed by atoms with Crippen LogP contribution in [0.4, 0.5) is 8.78 Å². The molecule has 0 fully saturated rings. The van der Waals surface area contributed by atoms with Crippen LogP contribution in [-0.2, 0) is 6.42 Å². The number of hydrogen-bond donors (Lipinski definition) is 0. The fourth-order valence-corrected chi connectivity index (χ4v) is 2.59. The summed E-state index contributed by atoms with van der Waals surface area (Å²) in [6.07, 6.45) is 1.61. The molecule has 1 aliphatic heterocycles. The Labute approximate surface area is 120 Å². The molecule has 1 unspecified atom stereocenters. The molecule has 2 heterocycles. The molecule has 0 spiro atoms. The molecule has 0 aliphatic carbocycles. The molecule has 0 amide bonds. The van der Waals surface area contributed by atoms with E-state index in [0.29, 0.717) is 17.0 Å². The highest BCUT2D eigenvalue weighted by Gasteiger charge is 2.23. The van der Waals surface area contributed by atoms with E-state index >= 15 is 0 Å². The Balaban J connectivity index is 2.18. The van der Waals surface area contributed by atoms with Crippen LogP contribution in [0.2, 0.25) is 5.15 Å². The fraction of sp³-hybridized carbons (Fsp3) is 0.267. The molecule has 1 aliphatic rings. The quantitative estimate of drug-likeness (QED) is 0.728. The summed E-state index contributed by atoms with van der Waals surface area (Å²) >= 11 is 5.98. The van der Waals surface area contributed by atoms with Gasteiger partial charge in [0, 0.05) is 17.2 Å². The van der Waals surface area contributed by atoms with Crippen molar-refractivity contribution in [1.82, 2.24) is 4.98 Å². The molecule has 104 valence electrons. The van der Waals surface area contributed by atoms with Gasteiger partial charge in [0.1, 0.15) is 16.8 Å². The molecule has 2 nitrogen and oxygen atoms in total. The van der Waals surface area contributed by atoms with Gasteiger partial charge in [-0.25, -0.2) is 13.8 Å². The SMILES string of the molecule is CC1CCc2c(-c3ccc(F)cc3F)cc(Cl)nc2O1. The Morgan fingerprint density at radius 1 is 1.25 bits per heavy atom. The smallest absolute Gasteiger partial charge is 0.218 e. The number of benzene rings is 1. The van der Waals surface area contributed by atoms with Crippen molar-refractivity contribution < 1.29 is 13.5 Å². The monoisotopic (exact) mass is 295 g/mol. The Bertz CT molecular complexity index is 675. The Kier molecular flexibility index (Phi) is 3.34. The second kappa shape index (κ2) is 5.02. The minimum Gasteiger partial charge on any atom is -0.474 e. The first kappa shape index (κ1) is 13.3. The first-order chi connectivity index (χ1) is 9.54. The van der Waals surface area contributed by atoms with Gasteiger partial charge in [-0.3, -0.25) is 0 Å². The molecule has 0 saturated carbocycles. The second-order valence-corrected chi connectivity index (χ2v) is 5.25. The van der Waals surface area contributed by atoms with E-state index in [1.54, 1.807) is 6.07 Å². The maximum atomic E-state index is 14.0. The lowest BCUT2D eigenvalue weighted by atomic mass is 9.95. The van der Waals surface area contributed by atoms with E-state index in [1.165, 1.54) is 12.1 Å². The third-order valence-electron chi connectivity index (χ3n) is 3.39. The normalized spacial score (nSPS) is 17.5. The van der Waals surface area contributed by atoms with Gasteiger partial charge in [-0.2, -0.15) is 0 Å². The van der Waals surface area contributed by atoms with E-state index < -0.39 is 11.6 Å². The number of nitrogens with zero attached hydrogens (tertiary/aromatic N) is 1. The summed E-state index contributed by atoms with van der Waals surface area (Å²) in [4.78, 5) is 4.14. The van der Waals surface area contributed by atoms with Crippen LogP contribution in [0.15, 0.2) is 24.3 Å². The number of ether oxygens (including phenoxy) is 1. The predicted octanol–water partition coefficient (Wildman–Crippen LogP) is 4.39. The lowest BCUT2D eigenvalue weighted by molar-refractivity contribution is 0.184. The van der Waals surface area contributed by atoms with Gasteiger partial charge in [0.25, 0.3) is 0 Å². The summed E-state index contributed by atoms with van der Waals surface area (Å²) < 4.78 is 32.6. The van der Waals surface area contributed by atoms with Crippen LogP contribution in [0.5, 0.6) is 5.88 Å². The van der Waals surface area contributed by atoms with E-state index in [4.69, 9.17) is 16.3 Å². The molecule has 0 bridgehead atoms. The molecule has 1 aromatic heterocycles. The third kappa shape index (κ3) is 2.36. The predicted molar refractivity (Wildman–Crippen MR) is 73.0 cm³/mol. The highest BCUT2D eigenvalue weighted by atomic mass is 35.5. The van der Waals surface area contributed by atoms with Gasteiger partial charge >= 0.3 is 0 Å². The van der Waals surface area contributed by atoms with Crippen molar-refractivity contribution in [3.63, 3.8) is 0 Å². The van der Waals surface area contributed by atoms with Crippen LogP contribution in [0.25, 0.3) is 11.1 Å². The van der Waals surface area contributed by atoms with Crippen molar-refractivity contribution in [1.29, 1.82) is 0 Å². The largest absolute Gasteiger partial charge is 0.474 e. The van der Waals surface area contributed by atoms with Gasteiger partial charge < -0.3 is 4.74 Å². The summed E-state index contributed by atoms with van der Waals surface area (Å²) in [5.41, 5.74) is 1.74. The summed E-state index contributed by atoms with van der Waals surface area (Å²) in [6.45, 7) is 1.95. The number of fused-ring (bicyclic) bond motifs is 1. The van der Waals surface area contributed by atoms with Gasteiger partial charge in [-0.1, -0.05) is 11.6 Å². The lowest BCUT2D eigenvalue weighted by Gasteiger charge is -2.24. The van der Waals surface area contributed by atoms with Gasteiger partial charge in [0.2, 0.25) is 5.88 Å². The molecular weight excluding hydrogens is 284 g/mol. The Morgan fingerprint density at radius 3 is 2.80 bits per heavy atom. The number of hydrogen-bond acceptors (Lipinski definition) is 2. The molecule has 0 saturated heterocycles. The van der Waals surface area contributed by atoms with Gasteiger partial charge in [0.05, 0.1) is 6.10 Å². The van der Waals surface area contributed by atoms with Crippen molar-refractivity contribution in [2.24, 2.45) is 0 Å². The zero-order chi connectivity index (χ0) is 14.3. The van der Waals surface area contributed by atoms with Gasteiger partial charge in [0.15, 0.2) is 0 Å². The van der Waals surface area contributed by atoms with E-state index in [1.807, 2.05) is 6.92 Å². The standard InChI is InChI=1S/C15H12ClF2NO/c1-8-2-4-11-12(7-14(16)19-15(11)20-8)10-5-3-9(17)6-13(10)18/h3,5-8H,2,4H2,1H3. The fourth-order valence-electron chi connectivity index (χ4n) is 2.40. The number of aromatic nitrogens is 1. The Hall–Kier alpha value is -1.68. The van der Waals surface area contributed by atoms with Crippen LogP contribution < -0.4 is 4.74 Å². The highest BCUT2D eigenvalue weighted by Crippen LogP contribution is 2.37. The van der Waals surface area contributed by atoms with Crippen molar-refractivity contribution in [2.75, 3.05) is 0 Å². The van der Waals surface area contributed by atoms with E-state index in [-0.39, 0.29) is 11.3 Å². The summed E-state index contributed by atoms with van der Waals surface area (Å²) in [7, 11) is 0. The second-order valence-electron chi connectivity index (χ2n) is 4.87. The van der Waals surface area contributed by atoms with Crippen LogP contribution in [0.3, 0.4) is 0 Å². The van der Waals surface area contributed by atoms with Crippen LogP contribution in [0, 0.1) is 11.6 Å². The summed E-state index contributed by atoms with van der Waals surface area (Å²) in [5, 5.41) is 0.233. The summed E-state index contributed by atoms with van der Waals surface area (Å²) in [6, 6.07) is 5.10. The maximum Gasteiger partial charge on any atom is 0.218 e. The first-order valence-corrected chi connectivity index (χ1v) is 6.74. The van der Waals surface area contributed by atoms with Crippen molar-refractivity contribution in [3.8, 4) is 17.0 Å².